The third-order valence-corrected chi connectivity index (χ3v) is 3.63. The fourth-order valence-corrected chi connectivity index (χ4v) is 2.23. The number of hydrogen-bond acceptors (Lipinski definition) is 0. The molecule has 88 valence electrons. The Labute approximate surface area is 112 Å². The Morgan fingerprint density at radius 1 is 1.06 bits per heavy atom. The molecule has 0 aliphatic heterocycles. The third-order valence-electron chi connectivity index (χ3n) is 2.80. The van der Waals surface area contributed by atoms with Crippen LogP contribution in [0.4, 0.5) is 0 Å². The van der Waals surface area contributed by atoms with E-state index in [0.29, 0.717) is 0 Å². The molecule has 17 heavy (non-hydrogen) atoms. The lowest BCUT2D eigenvalue weighted by Gasteiger charge is -2.11. The monoisotopic (exact) mass is 264 g/mol. The highest BCUT2D eigenvalue weighted by Gasteiger charge is 2.09. The SMILES string of the molecule is Cc1cc(C(Cl)Cc2ccccc2)ccc1Cl. The van der Waals surface area contributed by atoms with Crippen molar-refractivity contribution in [3.63, 3.8) is 0 Å². The Morgan fingerprint density at radius 3 is 2.41 bits per heavy atom. The molecule has 0 aliphatic carbocycles. The van der Waals surface area contributed by atoms with Crippen molar-refractivity contribution in [1.82, 2.24) is 0 Å². The molecule has 0 fully saturated rings. The van der Waals surface area contributed by atoms with Crippen LogP contribution in [0.2, 0.25) is 5.02 Å². The van der Waals surface area contributed by atoms with Crippen LogP contribution in [0.1, 0.15) is 22.1 Å². The van der Waals surface area contributed by atoms with Crippen LogP contribution in [0.15, 0.2) is 48.5 Å². The van der Waals surface area contributed by atoms with Gasteiger partial charge in [0.15, 0.2) is 0 Å². The van der Waals surface area contributed by atoms with Crippen LogP contribution in [0.25, 0.3) is 0 Å². The Hall–Kier alpha value is -0.980. The van der Waals surface area contributed by atoms with E-state index in [1.165, 1.54) is 5.56 Å². The lowest BCUT2D eigenvalue weighted by molar-refractivity contribution is 0.918. The molecule has 0 spiro atoms. The van der Waals surface area contributed by atoms with Gasteiger partial charge in [-0.05, 0) is 36.1 Å². The Morgan fingerprint density at radius 2 is 1.76 bits per heavy atom. The topological polar surface area (TPSA) is 0 Å². The zero-order chi connectivity index (χ0) is 12.3. The highest BCUT2D eigenvalue weighted by atomic mass is 35.5. The summed E-state index contributed by atoms with van der Waals surface area (Å²) in [6.07, 6.45) is 0.837. The molecular weight excluding hydrogens is 251 g/mol. The maximum atomic E-state index is 6.42. The molecule has 0 saturated heterocycles. The van der Waals surface area contributed by atoms with E-state index in [4.69, 9.17) is 23.2 Å². The predicted octanol–water partition coefficient (Wildman–Crippen LogP) is 5.17. The van der Waals surface area contributed by atoms with Crippen molar-refractivity contribution in [2.24, 2.45) is 0 Å². The first-order valence-electron chi connectivity index (χ1n) is 5.61. The van der Waals surface area contributed by atoms with Gasteiger partial charge in [0.05, 0.1) is 5.38 Å². The minimum Gasteiger partial charge on any atom is -0.117 e. The van der Waals surface area contributed by atoms with Gasteiger partial charge in [-0.25, -0.2) is 0 Å². The Bertz CT molecular complexity index is 492. The van der Waals surface area contributed by atoms with Crippen molar-refractivity contribution < 1.29 is 0 Å². The molecule has 0 radical (unpaired) electrons. The molecule has 0 aliphatic rings. The first-order chi connectivity index (χ1) is 8.16. The summed E-state index contributed by atoms with van der Waals surface area (Å²) in [6.45, 7) is 2.00. The van der Waals surface area contributed by atoms with Gasteiger partial charge in [-0.3, -0.25) is 0 Å². The lowest BCUT2D eigenvalue weighted by atomic mass is 10.0. The average Bonchev–Trinajstić information content (AvgIpc) is 2.34. The summed E-state index contributed by atoms with van der Waals surface area (Å²) in [4.78, 5) is 0. The summed E-state index contributed by atoms with van der Waals surface area (Å²) in [5.41, 5.74) is 3.44. The van der Waals surface area contributed by atoms with E-state index < -0.39 is 0 Å². The first-order valence-corrected chi connectivity index (χ1v) is 6.42. The molecule has 0 saturated carbocycles. The minimum atomic E-state index is -0.00614. The number of aryl methyl sites for hydroxylation is 1. The normalized spacial score (nSPS) is 12.4. The first kappa shape index (κ1) is 12.5. The molecule has 0 aromatic heterocycles. The standard InChI is InChI=1S/C15H14Cl2/c1-11-9-13(7-8-14(11)16)15(17)10-12-5-3-2-4-6-12/h2-9,15H,10H2,1H3. The fourth-order valence-electron chi connectivity index (χ4n) is 1.80. The van der Waals surface area contributed by atoms with Crippen molar-refractivity contribution in [1.29, 1.82) is 0 Å². The molecule has 0 N–H and O–H groups in total. The van der Waals surface area contributed by atoms with Crippen LogP contribution in [0.3, 0.4) is 0 Å². The second-order valence-corrected chi connectivity index (χ2v) is 5.10. The van der Waals surface area contributed by atoms with Gasteiger partial charge in [-0.1, -0.05) is 54.1 Å². The zero-order valence-electron chi connectivity index (χ0n) is 9.66. The van der Waals surface area contributed by atoms with Gasteiger partial charge >= 0.3 is 0 Å². The number of rotatable bonds is 3. The minimum absolute atomic E-state index is 0.00614. The molecule has 0 amide bonds. The second kappa shape index (κ2) is 5.57. The molecule has 1 unspecified atom stereocenters. The molecule has 0 nitrogen and oxygen atoms in total. The summed E-state index contributed by atoms with van der Waals surface area (Å²) in [5, 5.41) is 0.783. The molecule has 2 heteroatoms. The van der Waals surface area contributed by atoms with Crippen molar-refractivity contribution in [3.8, 4) is 0 Å². The van der Waals surface area contributed by atoms with Crippen LogP contribution in [-0.4, -0.2) is 0 Å². The smallest absolute Gasteiger partial charge is 0.0625 e. The second-order valence-electron chi connectivity index (χ2n) is 4.17. The van der Waals surface area contributed by atoms with Crippen molar-refractivity contribution in [2.45, 2.75) is 18.7 Å². The maximum absolute atomic E-state index is 6.42. The van der Waals surface area contributed by atoms with Crippen LogP contribution in [0.5, 0.6) is 0 Å². The van der Waals surface area contributed by atoms with Crippen molar-refractivity contribution >= 4 is 23.2 Å². The molecule has 2 aromatic carbocycles. The lowest BCUT2D eigenvalue weighted by Crippen LogP contribution is -1.96. The van der Waals surface area contributed by atoms with Crippen LogP contribution in [0, 0.1) is 6.92 Å². The molecule has 1 atom stereocenters. The van der Waals surface area contributed by atoms with Crippen molar-refractivity contribution in [2.75, 3.05) is 0 Å². The molecule has 0 heterocycles. The van der Waals surface area contributed by atoms with E-state index in [0.717, 1.165) is 22.6 Å². The van der Waals surface area contributed by atoms with E-state index in [1.807, 2.05) is 37.3 Å². The van der Waals surface area contributed by atoms with Crippen LogP contribution in [-0.2, 0) is 6.42 Å². The number of alkyl halides is 1. The summed E-state index contributed by atoms with van der Waals surface area (Å²) in [5.74, 6) is 0. The van der Waals surface area contributed by atoms with Gasteiger partial charge in [0.2, 0.25) is 0 Å². The number of hydrogen-bond donors (Lipinski definition) is 0. The van der Waals surface area contributed by atoms with Crippen LogP contribution < -0.4 is 0 Å². The van der Waals surface area contributed by atoms with Gasteiger partial charge in [-0.15, -0.1) is 11.6 Å². The van der Waals surface area contributed by atoms with E-state index in [1.54, 1.807) is 0 Å². The van der Waals surface area contributed by atoms with E-state index >= 15 is 0 Å². The van der Waals surface area contributed by atoms with Gasteiger partial charge in [0, 0.05) is 5.02 Å². The highest BCUT2D eigenvalue weighted by molar-refractivity contribution is 6.31. The van der Waals surface area contributed by atoms with Gasteiger partial charge < -0.3 is 0 Å². The summed E-state index contributed by atoms with van der Waals surface area (Å²) in [7, 11) is 0. The third kappa shape index (κ3) is 3.24. The number of halogens is 2. The van der Waals surface area contributed by atoms with E-state index in [2.05, 4.69) is 18.2 Å². The average molecular weight is 265 g/mol. The largest absolute Gasteiger partial charge is 0.117 e. The number of benzene rings is 2. The van der Waals surface area contributed by atoms with E-state index in [9.17, 15) is 0 Å². The summed E-state index contributed by atoms with van der Waals surface area (Å²) >= 11 is 12.4. The summed E-state index contributed by atoms with van der Waals surface area (Å²) < 4.78 is 0. The van der Waals surface area contributed by atoms with Crippen molar-refractivity contribution in [3.05, 3.63) is 70.2 Å². The molecular formula is C15H14Cl2. The fraction of sp³-hybridized carbons (Fsp3) is 0.200. The van der Waals surface area contributed by atoms with Gasteiger partial charge in [-0.2, -0.15) is 0 Å². The molecule has 2 aromatic rings. The molecule has 0 bridgehead atoms. The summed E-state index contributed by atoms with van der Waals surface area (Å²) in [6, 6.07) is 16.2. The predicted molar refractivity (Wildman–Crippen MR) is 74.9 cm³/mol. The zero-order valence-corrected chi connectivity index (χ0v) is 11.2. The Balaban J connectivity index is 2.14. The Kier molecular flexibility index (Phi) is 4.09. The van der Waals surface area contributed by atoms with Gasteiger partial charge in [0.1, 0.15) is 0 Å². The maximum Gasteiger partial charge on any atom is 0.0625 e. The quantitative estimate of drug-likeness (QED) is 0.671. The van der Waals surface area contributed by atoms with E-state index in [-0.39, 0.29) is 5.38 Å². The van der Waals surface area contributed by atoms with Gasteiger partial charge in [0.25, 0.3) is 0 Å². The molecule has 2 rings (SSSR count). The highest BCUT2D eigenvalue weighted by Crippen LogP contribution is 2.27. The van der Waals surface area contributed by atoms with Crippen LogP contribution >= 0.6 is 23.2 Å².